The van der Waals surface area contributed by atoms with E-state index < -0.39 is 0 Å². The zero-order chi connectivity index (χ0) is 13.7. The van der Waals surface area contributed by atoms with Gasteiger partial charge in [0.05, 0.1) is 14.2 Å². The van der Waals surface area contributed by atoms with E-state index in [1.54, 1.807) is 14.2 Å². The maximum absolute atomic E-state index is 5.92. The molecule has 0 amide bonds. The number of benzene rings is 1. The molecule has 106 valence electrons. The highest BCUT2D eigenvalue weighted by molar-refractivity contribution is 5.38. The Morgan fingerprint density at radius 1 is 1.05 bits per heavy atom. The molecule has 1 aromatic carbocycles. The van der Waals surface area contributed by atoms with Crippen LogP contribution in [0.2, 0.25) is 0 Å². The summed E-state index contributed by atoms with van der Waals surface area (Å²) in [6.45, 7) is 0.841. The molecule has 0 spiro atoms. The Kier molecular flexibility index (Phi) is 5.05. The van der Waals surface area contributed by atoms with Crippen molar-refractivity contribution >= 4 is 0 Å². The van der Waals surface area contributed by atoms with Gasteiger partial charge in [0.1, 0.15) is 11.5 Å². The molecule has 1 aliphatic rings. The Morgan fingerprint density at radius 2 is 1.63 bits per heavy atom. The lowest BCUT2D eigenvalue weighted by molar-refractivity contribution is 0.341. The quantitative estimate of drug-likeness (QED) is 0.854. The van der Waals surface area contributed by atoms with Crippen molar-refractivity contribution < 1.29 is 9.47 Å². The molecule has 0 unspecified atom stereocenters. The summed E-state index contributed by atoms with van der Waals surface area (Å²) in [4.78, 5) is 0. The molecule has 1 aliphatic carbocycles. The molecule has 3 N–H and O–H groups in total. The van der Waals surface area contributed by atoms with Crippen molar-refractivity contribution in [1.82, 2.24) is 5.32 Å². The van der Waals surface area contributed by atoms with Gasteiger partial charge in [0.2, 0.25) is 0 Å². The van der Waals surface area contributed by atoms with E-state index in [0.29, 0.717) is 12.1 Å². The standard InChI is InChI=1S/C15H24N2O2/c1-18-14-7-11(8-15(9-14)19-2)10-17-13-5-3-12(16)4-6-13/h7-9,12-13,17H,3-6,10,16H2,1-2H3. The van der Waals surface area contributed by atoms with Crippen LogP contribution in [0.15, 0.2) is 18.2 Å². The van der Waals surface area contributed by atoms with Gasteiger partial charge < -0.3 is 20.5 Å². The predicted octanol–water partition coefficient (Wildman–Crippen LogP) is 2.06. The average molecular weight is 264 g/mol. The van der Waals surface area contributed by atoms with Gasteiger partial charge in [-0.05, 0) is 43.4 Å². The van der Waals surface area contributed by atoms with Crippen LogP contribution in [0.25, 0.3) is 0 Å². The summed E-state index contributed by atoms with van der Waals surface area (Å²) >= 11 is 0. The van der Waals surface area contributed by atoms with Gasteiger partial charge in [-0.3, -0.25) is 0 Å². The van der Waals surface area contributed by atoms with E-state index in [4.69, 9.17) is 15.2 Å². The monoisotopic (exact) mass is 264 g/mol. The second-order valence-electron chi connectivity index (χ2n) is 5.21. The summed E-state index contributed by atoms with van der Waals surface area (Å²) in [6, 6.07) is 6.96. The van der Waals surface area contributed by atoms with E-state index in [-0.39, 0.29) is 0 Å². The molecule has 2 rings (SSSR count). The minimum atomic E-state index is 0.398. The van der Waals surface area contributed by atoms with E-state index in [1.807, 2.05) is 18.2 Å². The average Bonchev–Trinajstić information content (AvgIpc) is 2.46. The molecular formula is C15H24N2O2. The van der Waals surface area contributed by atoms with Crippen LogP contribution >= 0.6 is 0 Å². The van der Waals surface area contributed by atoms with Crippen molar-refractivity contribution in [2.24, 2.45) is 5.73 Å². The van der Waals surface area contributed by atoms with Crippen molar-refractivity contribution in [3.8, 4) is 11.5 Å². The first-order chi connectivity index (χ1) is 9.21. The summed E-state index contributed by atoms with van der Waals surface area (Å²) in [5.41, 5.74) is 7.11. The number of nitrogens with two attached hydrogens (primary N) is 1. The molecule has 0 bridgehead atoms. The Morgan fingerprint density at radius 3 is 2.16 bits per heavy atom. The van der Waals surface area contributed by atoms with Crippen molar-refractivity contribution in [3.05, 3.63) is 23.8 Å². The molecule has 4 nitrogen and oxygen atoms in total. The van der Waals surface area contributed by atoms with Gasteiger partial charge >= 0.3 is 0 Å². The van der Waals surface area contributed by atoms with Crippen LogP contribution in [0.5, 0.6) is 11.5 Å². The molecular weight excluding hydrogens is 240 g/mol. The molecule has 0 saturated heterocycles. The van der Waals surface area contributed by atoms with Crippen LogP contribution in [0.1, 0.15) is 31.2 Å². The van der Waals surface area contributed by atoms with Gasteiger partial charge in [-0.15, -0.1) is 0 Å². The fourth-order valence-electron chi connectivity index (χ4n) is 2.55. The smallest absolute Gasteiger partial charge is 0.122 e. The highest BCUT2D eigenvalue weighted by Crippen LogP contribution is 2.23. The predicted molar refractivity (Wildman–Crippen MR) is 76.6 cm³/mol. The van der Waals surface area contributed by atoms with E-state index in [1.165, 1.54) is 18.4 Å². The molecule has 0 heterocycles. The van der Waals surface area contributed by atoms with Crippen LogP contribution < -0.4 is 20.5 Å². The van der Waals surface area contributed by atoms with Crippen LogP contribution in [-0.4, -0.2) is 26.3 Å². The van der Waals surface area contributed by atoms with Crippen molar-refractivity contribution in [1.29, 1.82) is 0 Å². The van der Waals surface area contributed by atoms with Gasteiger partial charge in [-0.25, -0.2) is 0 Å². The van der Waals surface area contributed by atoms with Crippen molar-refractivity contribution in [3.63, 3.8) is 0 Å². The zero-order valence-electron chi connectivity index (χ0n) is 11.8. The highest BCUT2D eigenvalue weighted by Gasteiger charge is 2.17. The largest absolute Gasteiger partial charge is 0.497 e. The zero-order valence-corrected chi connectivity index (χ0v) is 11.8. The number of ether oxygens (including phenoxy) is 2. The van der Waals surface area contributed by atoms with Gasteiger partial charge in [-0.2, -0.15) is 0 Å². The molecule has 19 heavy (non-hydrogen) atoms. The van der Waals surface area contributed by atoms with Crippen LogP contribution in [0.3, 0.4) is 0 Å². The molecule has 0 atom stereocenters. The first kappa shape index (κ1) is 14.2. The molecule has 4 heteroatoms. The van der Waals surface area contributed by atoms with Crippen LogP contribution in [0, 0.1) is 0 Å². The third kappa shape index (κ3) is 4.11. The molecule has 1 saturated carbocycles. The highest BCUT2D eigenvalue weighted by atomic mass is 16.5. The summed E-state index contributed by atoms with van der Waals surface area (Å²) < 4.78 is 10.6. The van der Waals surface area contributed by atoms with Crippen LogP contribution in [-0.2, 0) is 6.54 Å². The maximum atomic E-state index is 5.92. The summed E-state index contributed by atoms with van der Waals surface area (Å²) in [5.74, 6) is 1.67. The minimum Gasteiger partial charge on any atom is -0.497 e. The Bertz CT molecular complexity index is 379. The molecule has 0 aliphatic heterocycles. The fourth-order valence-corrected chi connectivity index (χ4v) is 2.55. The molecule has 1 aromatic rings. The van der Waals surface area contributed by atoms with Crippen molar-refractivity contribution in [2.75, 3.05) is 14.2 Å². The Labute approximate surface area is 115 Å². The number of hydrogen-bond donors (Lipinski definition) is 2. The van der Waals surface area contributed by atoms with Gasteiger partial charge in [0, 0.05) is 24.7 Å². The van der Waals surface area contributed by atoms with Crippen molar-refractivity contribution in [2.45, 2.75) is 44.3 Å². The SMILES string of the molecule is COc1cc(CNC2CCC(N)CC2)cc(OC)c1. The third-order valence-electron chi connectivity index (χ3n) is 3.78. The molecule has 0 radical (unpaired) electrons. The normalized spacial score (nSPS) is 23.1. The van der Waals surface area contributed by atoms with E-state index in [9.17, 15) is 0 Å². The third-order valence-corrected chi connectivity index (χ3v) is 3.78. The van der Waals surface area contributed by atoms with E-state index in [0.717, 1.165) is 30.9 Å². The molecule has 1 fully saturated rings. The summed E-state index contributed by atoms with van der Waals surface area (Å²) in [5, 5.41) is 3.59. The van der Waals surface area contributed by atoms with Gasteiger partial charge in [0.15, 0.2) is 0 Å². The maximum Gasteiger partial charge on any atom is 0.122 e. The lowest BCUT2D eigenvalue weighted by Crippen LogP contribution is -2.37. The molecule has 0 aromatic heterocycles. The Balaban J connectivity index is 1.91. The topological polar surface area (TPSA) is 56.5 Å². The lowest BCUT2D eigenvalue weighted by Gasteiger charge is -2.27. The second kappa shape index (κ2) is 6.78. The second-order valence-corrected chi connectivity index (χ2v) is 5.21. The number of methoxy groups -OCH3 is 2. The number of rotatable bonds is 5. The lowest BCUT2D eigenvalue weighted by atomic mass is 9.92. The number of hydrogen-bond acceptors (Lipinski definition) is 4. The van der Waals surface area contributed by atoms with E-state index in [2.05, 4.69) is 5.32 Å². The first-order valence-electron chi connectivity index (χ1n) is 6.92. The fraction of sp³-hybridized carbons (Fsp3) is 0.600. The Hall–Kier alpha value is -1.26. The first-order valence-corrected chi connectivity index (χ1v) is 6.92. The minimum absolute atomic E-state index is 0.398. The summed E-state index contributed by atoms with van der Waals surface area (Å²) in [6.07, 6.45) is 4.59. The van der Waals surface area contributed by atoms with Gasteiger partial charge in [0.25, 0.3) is 0 Å². The van der Waals surface area contributed by atoms with Crippen LogP contribution in [0.4, 0.5) is 0 Å². The number of nitrogens with one attached hydrogen (secondary N) is 1. The summed E-state index contributed by atoms with van der Waals surface area (Å²) in [7, 11) is 3.35. The van der Waals surface area contributed by atoms with E-state index >= 15 is 0 Å². The van der Waals surface area contributed by atoms with Gasteiger partial charge in [-0.1, -0.05) is 0 Å².